The second-order valence-corrected chi connectivity index (χ2v) is 6.14. The fraction of sp³-hybridized carbons (Fsp3) is 0.500. The van der Waals surface area contributed by atoms with Gasteiger partial charge in [-0.2, -0.15) is 17.4 Å². The highest BCUT2D eigenvalue weighted by atomic mass is 32.2. The second kappa shape index (κ2) is 4.48. The van der Waals surface area contributed by atoms with E-state index in [1.54, 1.807) is 32.3 Å². The highest BCUT2D eigenvalue weighted by molar-refractivity contribution is 7.87. The number of nitrogens with one attached hydrogen (secondary N) is 1. The lowest BCUT2D eigenvalue weighted by atomic mass is 9.98. The monoisotopic (exact) mass is 243 g/mol. The van der Waals surface area contributed by atoms with Crippen molar-refractivity contribution in [2.24, 2.45) is 0 Å². The van der Waals surface area contributed by atoms with Crippen LogP contribution >= 0.6 is 0 Å². The van der Waals surface area contributed by atoms with Crippen LogP contribution in [0.4, 0.5) is 0 Å². The number of rotatable bonds is 4. The van der Waals surface area contributed by atoms with Crippen LogP contribution < -0.4 is 4.72 Å². The molecule has 1 aromatic rings. The second-order valence-electron chi connectivity index (χ2n) is 4.26. The number of nitrogens with zero attached hydrogens (tertiary/aromatic N) is 2. The molecule has 0 fully saturated rings. The molecule has 0 aromatic carbocycles. The van der Waals surface area contributed by atoms with Gasteiger partial charge in [-0.25, -0.2) is 0 Å². The Hall–Kier alpha value is -0.980. The third-order valence-corrected chi connectivity index (χ3v) is 3.98. The summed E-state index contributed by atoms with van der Waals surface area (Å²) in [6.07, 6.45) is 3.30. The molecular weight excluding hydrogens is 226 g/mol. The van der Waals surface area contributed by atoms with Crippen LogP contribution in [0.3, 0.4) is 0 Å². The number of pyridine rings is 1. The van der Waals surface area contributed by atoms with E-state index in [1.807, 2.05) is 6.07 Å². The molecular formula is C10H17N3O2S. The lowest BCUT2D eigenvalue weighted by Gasteiger charge is -2.27. The van der Waals surface area contributed by atoms with Crippen LogP contribution in [0.1, 0.15) is 19.4 Å². The first kappa shape index (κ1) is 13.1. The Bertz CT molecular complexity index is 440. The van der Waals surface area contributed by atoms with Gasteiger partial charge >= 0.3 is 0 Å². The van der Waals surface area contributed by atoms with Gasteiger partial charge in [0, 0.05) is 26.5 Å². The van der Waals surface area contributed by atoms with Gasteiger partial charge in [0.25, 0.3) is 10.2 Å². The SMILES string of the molecule is CN(C)S(=O)(=O)NC(C)(C)c1cccnc1. The quantitative estimate of drug-likeness (QED) is 0.847. The summed E-state index contributed by atoms with van der Waals surface area (Å²) in [5.74, 6) is 0. The lowest BCUT2D eigenvalue weighted by Crippen LogP contribution is -2.46. The standard InChI is InChI=1S/C10H17N3O2S/c1-10(2,9-6-5-7-11-8-9)12-16(14,15)13(3)4/h5-8,12H,1-4H3. The molecule has 90 valence electrons. The highest BCUT2D eigenvalue weighted by Gasteiger charge is 2.27. The Morgan fingerprint density at radius 1 is 1.38 bits per heavy atom. The van der Waals surface area contributed by atoms with Crippen LogP contribution in [0.5, 0.6) is 0 Å². The Balaban J connectivity index is 2.97. The summed E-state index contributed by atoms with van der Waals surface area (Å²) < 4.78 is 27.2. The summed E-state index contributed by atoms with van der Waals surface area (Å²) in [4.78, 5) is 3.98. The van der Waals surface area contributed by atoms with E-state index in [9.17, 15) is 8.42 Å². The third kappa shape index (κ3) is 3.01. The van der Waals surface area contributed by atoms with E-state index in [0.29, 0.717) is 0 Å². The maximum Gasteiger partial charge on any atom is 0.279 e. The van der Waals surface area contributed by atoms with Crippen molar-refractivity contribution in [1.29, 1.82) is 0 Å². The number of aromatic nitrogens is 1. The van der Waals surface area contributed by atoms with Gasteiger partial charge in [-0.15, -0.1) is 0 Å². The van der Waals surface area contributed by atoms with Crippen LogP contribution in [0.2, 0.25) is 0 Å². The highest BCUT2D eigenvalue weighted by Crippen LogP contribution is 2.19. The average Bonchev–Trinajstić information content (AvgIpc) is 2.17. The van der Waals surface area contributed by atoms with Crippen molar-refractivity contribution < 1.29 is 8.42 Å². The molecule has 1 rings (SSSR count). The van der Waals surface area contributed by atoms with E-state index in [-0.39, 0.29) is 0 Å². The summed E-state index contributed by atoms with van der Waals surface area (Å²) in [7, 11) is -0.473. The Morgan fingerprint density at radius 3 is 2.44 bits per heavy atom. The molecule has 0 atom stereocenters. The minimum atomic E-state index is -3.45. The third-order valence-electron chi connectivity index (χ3n) is 2.25. The zero-order valence-electron chi connectivity index (χ0n) is 9.93. The van der Waals surface area contributed by atoms with Crippen molar-refractivity contribution in [1.82, 2.24) is 14.0 Å². The molecule has 0 spiro atoms. The van der Waals surface area contributed by atoms with Crippen molar-refractivity contribution in [3.05, 3.63) is 30.1 Å². The molecule has 0 amide bonds. The van der Waals surface area contributed by atoms with Gasteiger partial charge in [0.15, 0.2) is 0 Å². The molecule has 0 aliphatic carbocycles. The predicted octanol–water partition coefficient (Wildman–Crippen LogP) is 0.713. The molecule has 0 saturated heterocycles. The van der Waals surface area contributed by atoms with Crippen LogP contribution in [0.15, 0.2) is 24.5 Å². The maximum absolute atomic E-state index is 11.7. The molecule has 6 heteroatoms. The molecule has 0 bridgehead atoms. The Labute approximate surface area is 96.7 Å². The Morgan fingerprint density at radius 2 is 2.00 bits per heavy atom. The number of hydrogen-bond donors (Lipinski definition) is 1. The molecule has 0 unspecified atom stereocenters. The van der Waals surface area contributed by atoms with Crippen LogP contribution in [0.25, 0.3) is 0 Å². The van der Waals surface area contributed by atoms with E-state index in [2.05, 4.69) is 9.71 Å². The largest absolute Gasteiger partial charge is 0.279 e. The van der Waals surface area contributed by atoms with E-state index >= 15 is 0 Å². The van der Waals surface area contributed by atoms with Gasteiger partial charge in [0.05, 0.1) is 5.54 Å². The van der Waals surface area contributed by atoms with Gasteiger partial charge in [-0.1, -0.05) is 6.07 Å². The predicted molar refractivity (Wildman–Crippen MR) is 63.0 cm³/mol. The molecule has 0 aliphatic heterocycles. The van der Waals surface area contributed by atoms with Crippen LogP contribution in [0, 0.1) is 0 Å². The average molecular weight is 243 g/mol. The summed E-state index contributed by atoms with van der Waals surface area (Å²) in [5.41, 5.74) is 0.137. The lowest BCUT2D eigenvalue weighted by molar-refractivity contribution is 0.436. The van der Waals surface area contributed by atoms with Crippen LogP contribution in [-0.2, 0) is 15.7 Å². The number of hydrogen-bond acceptors (Lipinski definition) is 3. The fourth-order valence-corrected chi connectivity index (χ4v) is 2.15. The normalized spacial score (nSPS) is 13.1. The van der Waals surface area contributed by atoms with E-state index < -0.39 is 15.7 Å². The first-order valence-electron chi connectivity index (χ1n) is 4.87. The molecule has 5 nitrogen and oxygen atoms in total. The van der Waals surface area contributed by atoms with Crippen LogP contribution in [-0.4, -0.2) is 31.8 Å². The van der Waals surface area contributed by atoms with Gasteiger partial charge in [0.2, 0.25) is 0 Å². The zero-order chi connectivity index (χ0) is 12.4. The maximum atomic E-state index is 11.7. The van der Waals surface area contributed by atoms with Crippen molar-refractivity contribution >= 4 is 10.2 Å². The van der Waals surface area contributed by atoms with Gasteiger partial charge in [-0.05, 0) is 25.5 Å². The minimum Gasteiger partial charge on any atom is -0.264 e. The molecule has 1 N–H and O–H groups in total. The van der Waals surface area contributed by atoms with Gasteiger partial charge < -0.3 is 0 Å². The van der Waals surface area contributed by atoms with E-state index in [0.717, 1.165) is 9.87 Å². The van der Waals surface area contributed by atoms with E-state index in [1.165, 1.54) is 14.1 Å². The molecule has 0 aliphatic rings. The topological polar surface area (TPSA) is 62.3 Å². The van der Waals surface area contributed by atoms with Gasteiger partial charge in [0.1, 0.15) is 0 Å². The molecule has 0 saturated carbocycles. The Kier molecular flexibility index (Phi) is 3.67. The van der Waals surface area contributed by atoms with E-state index in [4.69, 9.17) is 0 Å². The van der Waals surface area contributed by atoms with Crippen molar-refractivity contribution in [3.63, 3.8) is 0 Å². The van der Waals surface area contributed by atoms with Gasteiger partial charge in [-0.3, -0.25) is 4.98 Å². The molecule has 0 radical (unpaired) electrons. The molecule has 16 heavy (non-hydrogen) atoms. The molecule has 1 heterocycles. The zero-order valence-corrected chi connectivity index (χ0v) is 10.7. The summed E-state index contributed by atoms with van der Waals surface area (Å²) in [6, 6.07) is 3.62. The summed E-state index contributed by atoms with van der Waals surface area (Å²) in [5, 5.41) is 0. The van der Waals surface area contributed by atoms with Crippen molar-refractivity contribution in [2.45, 2.75) is 19.4 Å². The fourth-order valence-electron chi connectivity index (χ4n) is 1.21. The first-order valence-corrected chi connectivity index (χ1v) is 6.31. The smallest absolute Gasteiger partial charge is 0.264 e. The minimum absolute atomic E-state index is 0.683. The molecule has 1 aromatic heterocycles. The van der Waals surface area contributed by atoms with Crippen molar-refractivity contribution in [3.8, 4) is 0 Å². The summed E-state index contributed by atoms with van der Waals surface area (Å²) in [6.45, 7) is 3.59. The van der Waals surface area contributed by atoms with Crippen molar-refractivity contribution in [2.75, 3.05) is 14.1 Å². The summed E-state index contributed by atoms with van der Waals surface area (Å²) >= 11 is 0. The first-order chi connectivity index (χ1) is 7.26.